The van der Waals surface area contributed by atoms with Gasteiger partial charge in [-0.25, -0.2) is 0 Å². The molecule has 0 aliphatic heterocycles. The van der Waals surface area contributed by atoms with E-state index in [0.717, 1.165) is 0 Å². The summed E-state index contributed by atoms with van der Waals surface area (Å²) < 4.78 is 9.53. The molecule has 0 aliphatic rings. The van der Waals surface area contributed by atoms with Crippen LogP contribution in [0.25, 0.3) is 0 Å². The molecule has 0 aromatic carbocycles. The highest BCUT2D eigenvalue weighted by Crippen LogP contribution is 1.72. The first kappa shape index (κ1) is 17.4. The van der Waals surface area contributed by atoms with E-state index < -0.39 is 0 Å². The molecule has 0 radical (unpaired) electrons. The molecule has 0 aromatic heterocycles. The van der Waals surface area contributed by atoms with Crippen LogP contribution in [-0.4, -0.2) is 38.6 Å². The van der Waals surface area contributed by atoms with Gasteiger partial charge in [-0.05, 0) is 0 Å². The average Bonchev–Trinajstić information content (AvgIpc) is 2.19. The van der Waals surface area contributed by atoms with E-state index in [0.29, 0.717) is 19.8 Å². The lowest BCUT2D eigenvalue weighted by Crippen LogP contribution is -2.05. The zero-order chi connectivity index (χ0) is 10.2. The fourth-order valence-electron chi connectivity index (χ4n) is 0.309. The van der Waals surface area contributed by atoms with Gasteiger partial charge in [-0.1, -0.05) is 0 Å². The summed E-state index contributed by atoms with van der Waals surface area (Å²) in [6.07, 6.45) is 0. The molecule has 1 N–H and O–H groups in total. The largest absolute Gasteiger partial charge is 0.394 e. The van der Waals surface area contributed by atoms with Crippen LogP contribution >= 0.6 is 0 Å². The molecule has 74 valence electrons. The van der Waals surface area contributed by atoms with Gasteiger partial charge in [0.15, 0.2) is 0 Å². The van der Waals surface area contributed by atoms with Crippen LogP contribution in [0.2, 0.25) is 0 Å². The second-order valence-corrected chi connectivity index (χ2v) is 1.33. The molecule has 0 spiro atoms. The van der Waals surface area contributed by atoms with Crippen LogP contribution in [-0.2, 0) is 9.47 Å². The standard InChI is InChI=1S/C5H12O3.2C2H4/c1-7-4-5-8-3-2-6;2*1-2/h6H,2-5H2,1H3;2*1-2H2. The summed E-state index contributed by atoms with van der Waals surface area (Å²) in [7, 11) is 1.61. The summed E-state index contributed by atoms with van der Waals surface area (Å²) in [5.74, 6) is 0. The van der Waals surface area contributed by atoms with E-state index in [4.69, 9.17) is 9.84 Å². The van der Waals surface area contributed by atoms with Gasteiger partial charge in [0.1, 0.15) is 0 Å². The Bertz CT molecular complexity index is 49.7. The van der Waals surface area contributed by atoms with E-state index in [2.05, 4.69) is 31.1 Å². The van der Waals surface area contributed by atoms with E-state index in [1.54, 1.807) is 7.11 Å². The lowest BCUT2D eigenvalue weighted by atomic mass is 10.7. The fourth-order valence-corrected chi connectivity index (χ4v) is 0.309. The van der Waals surface area contributed by atoms with Crippen LogP contribution in [0.4, 0.5) is 0 Å². The van der Waals surface area contributed by atoms with Crippen molar-refractivity contribution >= 4 is 0 Å². The van der Waals surface area contributed by atoms with E-state index in [9.17, 15) is 0 Å². The first-order valence-electron chi connectivity index (χ1n) is 3.59. The highest BCUT2D eigenvalue weighted by molar-refractivity contribution is 4.26. The topological polar surface area (TPSA) is 38.7 Å². The molecule has 0 heterocycles. The van der Waals surface area contributed by atoms with Crippen molar-refractivity contribution in [3.8, 4) is 0 Å². The van der Waals surface area contributed by atoms with Crippen molar-refractivity contribution in [2.24, 2.45) is 0 Å². The summed E-state index contributed by atoms with van der Waals surface area (Å²) >= 11 is 0. The number of rotatable bonds is 5. The van der Waals surface area contributed by atoms with E-state index >= 15 is 0 Å². The van der Waals surface area contributed by atoms with Crippen molar-refractivity contribution in [1.29, 1.82) is 0 Å². The zero-order valence-electron chi connectivity index (χ0n) is 7.92. The van der Waals surface area contributed by atoms with Crippen LogP contribution < -0.4 is 0 Å². The molecule has 0 saturated carbocycles. The van der Waals surface area contributed by atoms with Crippen molar-refractivity contribution in [3.63, 3.8) is 0 Å². The van der Waals surface area contributed by atoms with Crippen molar-refractivity contribution in [3.05, 3.63) is 26.3 Å². The molecule has 0 bridgehead atoms. The Morgan fingerprint density at radius 3 is 1.83 bits per heavy atom. The van der Waals surface area contributed by atoms with Gasteiger partial charge in [0.25, 0.3) is 0 Å². The quantitative estimate of drug-likeness (QED) is 0.506. The molecular formula is C9H20O3. The van der Waals surface area contributed by atoms with Crippen molar-refractivity contribution in [1.82, 2.24) is 0 Å². The third-order valence-corrected chi connectivity index (χ3v) is 0.667. The molecule has 3 nitrogen and oxygen atoms in total. The first-order valence-corrected chi connectivity index (χ1v) is 3.59. The lowest BCUT2D eigenvalue weighted by molar-refractivity contribution is 0.0500. The molecule has 12 heavy (non-hydrogen) atoms. The van der Waals surface area contributed by atoms with Crippen LogP contribution in [0.5, 0.6) is 0 Å². The van der Waals surface area contributed by atoms with Crippen LogP contribution in [0.3, 0.4) is 0 Å². The van der Waals surface area contributed by atoms with Gasteiger partial charge in [0.05, 0.1) is 26.4 Å². The fraction of sp³-hybridized carbons (Fsp3) is 0.556. The normalized spacial score (nSPS) is 7.17. The first-order chi connectivity index (χ1) is 5.91. The number of aliphatic hydroxyl groups is 1. The number of methoxy groups -OCH3 is 1. The minimum atomic E-state index is 0.0870. The molecule has 0 aliphatic carbocycles. The number of aliphatic hydroxyl groups excluding tert-OH is 1. The third-order valence-electron chi connectivity index (χ3n) is 0.667. The van der Waals surface area contributed by atoms with Crippen LogP contribution in [0.1, 0.15) is 0 Å². The Morgan fingerprint density at radius 2 is 1.50 bits per heavy atom. The predicted octanol–water partition coefficient (Wildman–Crippen LogP) is 1.25. The van der Waals surface area contributed by atoms with E-state index in [-0.39, 0.29) is 6.61 Å². The van der Waals surface area contributed by atoms with E-state index in [1.165, 1.54) is 0 Å². The summed E-state index contributed by atoms with van der Waals surface area (Å²) in [4.78, 5) is 0. The maximum atomic E-state index is 8.20. The molecule has 3 heteroatoms. The molecular weight excluding hydrogens is 156 g/mol. The Hall–Kier alpha value is -0.640. The van der Waals surface area contributed by atoms with Gasteiger partial charge < -0.3 is 14.6 Å². The minimum absolute atomic E-state index is 0.0870. The van der Waals surface area contributed by atoms with Gasteiger partial charge in [0, 0.05) is 7.11 Å². The second-order valence-electron chi connectivity index (χ2n) is 1.33. The summed E-state index contributed by atoms with van der Waals surface area (Å²) in [6.45, 7) is 13.7. The Labute approximate surface area is 75.3 Å². The molecule has 0 aromatic rings. The zero-order valence-corrected chi connectivity index (χ0v) is 7.92. The predicted molar refractivity (Wildman–Crippen MR) is 52.3 cm³/mol. The van der Waals surface area contributed by atoms with Crippen molar-refractivity contribution < 1.29 is 14.6 Å². The van der Waals surface area contributed by atoms with Gasteiger partial charge in [0.2, 0.25) is 0 Å². The minimum Gasteiger partial charge on any atom is -0.394 e. The highest BCUT2D eigenvalue weighted by atomic mass is 16.5. The average molecular weight is 176 g/mol. The molecule has 0 rings (SSSR count). The van der Waals surface area contributed by atoms with Gasteiger partial charge in [-0.3, -0.25) is 0 Å². The highest BCUT2D eigenvalue weighted by Gasteiger charge is 1.82. The summed E-state index contributed by atoms with van der Waals surface area (Å²) in [5, 5.41) is 8.20. The molecule has 0 saturated heterocycles. The Morgan fingerprint density at radius 1 is 1.00 bits per heavy atom. The van der Waals surface area contributed by atoms with Gasteiger partial charge >= 0.3 is 0 Å². The molecule has 0 fully saturated rings. The van der Waals surface area contributed by atoms with Gasteiger partial charge in [-0.15, -0.1) is 26.3 Å². The van der Waals surface area contributed by atoms with E-state index in [1.807, 2.05) is 0 Å². The Balaban J connectivity index is -0.000000175. The third kappa shape index (κ3) is 34.4. The maximum Gasteiger partial charge on any atom is 0.0701 e. The van der Waals surface area contributed by atoms with Crippen LogP contribution in [0.15, 0.2) is 26.3 Å². The van der Waals surface area contributed by atoms with Crippen molar-refractivity contribution in [2.45, 2.75) is 0 Å². The Kier molecular flexibility index (Phi) is 45.9. The monoisotopic (exact) mass is 176 g/mol. The SMILES string of the molecule is C=C.C=C.COCCOCCO. The van der Waals surface area contributed by atoms with Crippen molar-refractivity contribution in [2.75, 3.05) is 33.5 Å². The molecule has 0 unspecified atom stereocenters. The molecule has 0 atom stereocenters. The summed E-state index contributed by atoms with van der Waals surface area (Å²) in [5.41, 5.74) is 0. The number of ether oxygens (including phenoxy) is 2. The maximum absolute atomic E-state index is 8.20. The smallest absolute Gasteiger partial charge is 0.0701 e. The van der Waals surface area contributed by atoms with Crippen LogP contribution in [0, 0.1) is 0 Å². The second kappa shape index (κ2) is 31.6. The summed E-state index contributed by atoms with van der Waals surface area (Å²) in [6, 6.07) is 0. The number of hydrogen-bond acceptors (Lipinski definition) is 3. The molecule has 0 amide bonds. The number of hydrogen-bond donors (Lipinski definition) is 1. The van der Waals surface area contributed by atoms with Gasteiger partial charge in [-0.2, -0.15) is 0 Å². The lowest BCUT2D eigenvalue weighted by Gasteiger charge is -1.98.